The number of aromatic nitrogens is 1. The molecule has 1 aromatic heterocycles. The number of rotatable bonds is 4. The Hall–Kier alpha value is -0.410. The van der Waals surface area contributed by atoms with Crippen molar-refractivity contribution in [2.24, 2.45) is 5.92 Å². The lowest BCUT2D eigenvalue weighted by Crippen LogP contribution is -2.05. The van der Waals surface area contributed by atoms with E-state index in [0.29, 0.717) is 0 Å². The van der Waals surface area contributed by atoms with Gasteiger partial charge in [-0.3, -0.25) is 0 Å². The van der Waals surface area contributed by atoms with Gasteiger partial charge in [0.1, 0.15) is 11.1 Å². The van der Waals surface area contributed by atoms with Gasteiger partial charge in [0.15, 0.2) is 0 Å². The third-order valence-electron chi connectivity index (χ3n) is 2.28. The highest BCUT2D eigenvalue weighted by Gasteiger charge is 2.34. The zero-order valence-electron chi connectivity index (χ0n) is 8.12. The van der Waals surface area contributed by atoms with Crippen molar-refractivity contribution in [2.45, 2.75) is 32.8 Å². The van der Waals surface area contributed by atoms with Crippen LogP contribution >= 0.6 is 11.3 Å². The number of hydrogen-bond donors (Lipinski definition) is 0. The molecular weight excluding hydrogens is 182 g/mol. The van der Waals surface area contributed by atoms with Crippen LogP contribution in [0.15, 0.2) is 6.20 Å². The summed E-state index contributed by atoms with van der Waals surface area (Å²) in [5.74, 6) is 0.741. The maximum atomic E-state index is 5.71. The van der Waals surface area contributed by atoms with Gasteiger partial charge in [-0.2, -0.15) is 0 Å². The highest BCUT2D eigenvalue weighted by atomic mass is 32.1. The average Bonchev–Trinajstić information content (AvgIpc) is 2.85. The summed E-state index contributed by atoms with van der Waals surface area (Å²) in [5, 5.41) is 1.17. The number of hydrogen-bond acceptors (Lipinski definition) is 3. The van der Waals surface area contributed by atoms with Crippen LogP contribution in [0.1, 0.15) is 35.8 Å². The van der Waals surface area contributed by atoms with Crippen molar-refractivity contribution < 1.29 is 4.74 Å². The molecule has 1 unspecified atom stereocenters. The molecule has 3 heteroatoms. The molecule has 0 bridgehead atoms. The minimum absolute atomic E-state index is 0.281. The number of ether oxygens (including phenoxy) is 1. The summed E-state index contributed by atoms with van der Waals surface area (Å²) in [6, 6.07) is 0. The van der Waals surface area contributed by atoms with Crippen molar-refractivity contribution in [3.8, 4) is 0 Å². The first-order valence-electron chi connectivity index (χ1n) is 4.85. The van der Waals surface area contributed by atoms with E-state index in [-0.39, 0.29) is 6.10 Å². The highest BCUT2D eigenvalue weighted by Crippen LogP contribution is 2.44. The molecule has 1 atom stereocenters. The normalized spacial score (nSPS) is 18.9. The molecule has 0 aromatic carbocycles. The molecule has 1 heterocycles. The largest absolute Gasteiger partial charge is 0.371 e. The Balaban J connectivity index is 2.10. The first-order chi connectivity index (χ1) is 6.31. The van der Waals surface area contributed by atoms with E-state index in [1.807, 2.05) is 6.20 Å². The Labute approximate surface area is 83.0 Å². The van der Waals surface area contributed by atoms with Crippen molar-refractivity contribution in [3.63, 3.8) is 0 Å². The fourth-order valence-electron chi connectivity index (χ4n) is 1.49. The van der Waals surface area contributed by atoms with Crippen LogP contribution < -0.4 is 0 Å². The van der Waals surface area contributed by atoms with E-state index in [1.54, 1.807) is 11.3 Å². The molecule has 0 aliphatic heterocycles. The third kappa shape index (κ3) is 2.09. The Bertz CT molecular complexity index is 280. The lowest BCUT2D eigenvalue weighted by atomic mass is 10.2. The van der Waals surface area contributed by atoms with E-state index in [2.05, 4.69) is 18.8 Å². The molecule has 13 heavy (non-hydrogen) atoms. The Morgan fingerprint density at radius 2 is 2.46 bits per heavy atom. The quantitative estimate of drug-likeness (QED) is 0.740. The van der Waals surface area contributed by atoms with Crippen molar-refractivity contribution in [1.82, 2.24) is 4.98 Å². The fraction of sp³-hybridized carbons (Fsp3) is 0.700. The monoisotopic (exact) mass is 197 g/mol. The van der Waals surface area contributed by atoms with Gasteiger partial charge in [-0.05, 0) is 32.6 Å². The SMILES string of the molecule is CCOC(c1ncc(C)s1)C1CC1. The van der Waals surface area contributed by atoms with Crippen molar-refractivity contribution >= 4 is 11.3 Å². The molecule has 1 aromatic rings. The van der Waals surface area contributed by atoms with Gasteiger partial charge in [0.25, 0.3) is 0 Å². The second kappa shape index (κ2) is 3.76. The predicted molar refractivity (Wildman–Crippen MR) is 53.9 cm³/mol. The highest BCUT2D eigenvalue weighted by molar-refractivity contribution is 7.11. The van der Waals surface area contributed by atoms with Crippen molar-refractivity contribution in [2.75, 3.05) is 6.61 Å². The standard InChI is InChI=1S/C10H15NOS/c1-3-12-9(8-4-5-8)10-11-6-7(2)13-10/h6,8-9H,3-5H2,1-2H3. The zero-order chi connectivity index (χ0) is 9.26. The summed E-state index contributed by atoms with van der Waals surface area (Å²) in [6.45, 7) is 4.94. The third-order valence-corrected chi connectivity index (χ3v) is 3.25. The molecular formula is C10H15NOS. The van der Waals surface area contributed by atoms with Gasteiger partial charge < -0.3 is 4.74 Å². The molecule has 0 spiro atoms. The Kier molecular flexibility index (Phi) is 2.65. The van der Waals surface area contributed by atoms with Crippen LogP contribution in [0, 0.1) is 12.8 Å². The molecule has 1 aliphatic rings. The topological polar surface area (TPSA) is 22.1 Å². The smallest absolute Gasteiger partial charge is 0.122 e. The average molecular weight is 197 g/mol. The van der Waals surface area contributed by atoms with Crippen LogP contribution in [-0.2, 0) is 4.74 Å². The molecule has 0 saturated heterocycles. The molecule has 1 aliphatic carbocycles. The summed E-state index contributed by atoms with van der Waals surface area (Å²) in [4.78, 5) is 5.67. The minimum Gasteiger partial charge on any atom is -0.371 e. The van der Waals surface area contributed by atoms with Gasteiger partial charge in [0, 0.05) is 17.7 Å². The molecule has 0 amide bonds. The van der Waals surface area contributed by atoms with E-state index in [0.717, 1.165) is 12.5 Å². The van der Waals surface area contributed by atoms with Crippen LogP contribution in [0.2, 0.25) is 0 Å². The maximum Gasteiger partial charge on any atom is 0.122 e. The lowest BCUT2D eigenvalue weighted by Gasteiger charge is -2.12. The van der Waals surface area contributed by atoms with Crippen LogP contribution in [0.25, 0.3) is 0 Å². The number of nitrogens with zero attached hydrogens (tertiary/aromatic N) is 1. The Morgan fingerprint density at radius 3 is 2.92 bits per heavy atom. The first kappa shape index (κ1) is 9.16. The van der Waals surface area contributed by atoms with E-state index in [1.165, 1.54) is 22.7 Å². The van der Waals surface area contributed by atoms with Crippen LogP contribution in [0.4, 0.5) is 0 Å². The van der Waals surface area contributed by atoms with Crippen LogP contribution in [-0.4, -0.2) is 11.6 Å². The maximum absolute atomic E-state index is 5.71. The zero-order valence-corrected chi connectivity index (χ0v) is 8.93. The van der Waals surface area contributed by atoms with Gasteiger partial charge in [0.05, 0.1) is 0 Å². The predicted octanol–water partition coefficient (Wildman–Crippen LogP) is 2.94. The first-order valence-corrected chi connectivity index (χ1v) is 5.67. The second-order valence-electron chi connectivity index (χ2n) is 3.52. The molecule has 0 radical (unpaired) electrons. The minimum atomic E-state index is 0.281. The summed E-state index contributed by atoms with van der Waals surface area (Å²) in [5.41, 5.74) is 0. The van der Waals surface area contributed by atoms with Gasteiger partial charge in [0.2, 0.25) is 0 Å². The van der Waals surface area contributed by atoms with Crippen molar-refractivity contribution in [3.05, 3.63) is 16.1 Å². The summed E-state index contributed by atoms with van der Waals surface area (Å²) < 4.78 is 5.71. The van der Waals surface area contributed by atoms with Gasteiger partial charge in [-0.25, -0.2) is 4.98 Å². The summed E-state index contributed by atoms with van der Waals surface area (Å²) in [7, 11) is 0. The summed E-state index contributed by atoms with van der Waals surface area (Å²) >= 11 is 1.77. The van der Waals surface area contributed by atoms with Gasteiger partial charge >= 0.3 is 0 Å². The van der Waals surface area contributed by atoms with Gasteiger partial charge in [-0.1, -0.05) is 0 Å². The molecule has 2 nitrogen and oxygen atoms in total. The van der Waals surface area contributed by atoms with Gasteiger partial charge in [-0.15, -0.1) is 11.3 Å². The lowest BCUT2D eigenvalue weighted by molar-refractivity contribution is 0.0462. The molecule has 72 valence electrons. The van der Waals surface area contributed by atoms with E-state index < -0.39 is 0 Å². The van der Waals surface area contributed by atoms with E-state index in [9.17, 15) is 0 Å². The Morgan fingerprint density at radius 1 is 1.69 bits per heavy atom. The van der Waals surface area contributed by atoms with E-state index >= 15 is 0 Å². The second-order valence-corrected chi connectivity index (χ2v) is 4.79. The molecule has 0 N–H and O–H groups in total. The van der Waals surface area contributed by atoms with Crippen molar-refractivity contribution in [1.29, 1.82) is 0 Å². The van der Waals surface area contributed by atoms with E-state index in [4.69, 9.17) is 4.74 Å². The van der Waals surface area contributed by atoms with Crippen LogP contribution in [0.5, 0.6) is 0 Å². The molecule has 1 saturated carbocycles. The van der Waals surface area contributed by atoms with Crippen LogP contribution in [0.3, 0.4) is 0 Å². The molecule has 2 rings (SSSR count). The fourth-order valence-corrected chi connectivity index (χ4v) is 2.41. The summed E-state index contributed by atoms with van der Waals surface area (Å²) in [6.07, 6.45) is 4.84. The molecule has 1 fully saturated rings. The number of thiazole rings is 1. The number of aryl methyl sites for hydroxylation is 1.